The number of carbonyl (C=O) groups excluding carboxylic acids is 1. The quantitative estimate of drug-likeness (QED) is 0.699. The number of fused-ring (bicyclic) bond motifs is 1. The van der Waals surface area contributed by atoms with Gasteiger partial charge in [0.1, 0.15) is 10.1 Å². The molecule has 9 heteroatoms. The van der Waals surface area contributed by atoms with E-state index in [1.54, 1.807) is 6.20 Å². The summed E-state index contributed by atoms with van der Waals surface area (Å²) < 4.78 is 14.7. The van der Waals surface area contributed by atoms with E-state index in [4.69, 9.17) is 0 Å². The first-order chi connectivity index (χ1) is 11.6. The lowest BCUT2D eigenvalue weighted by atomic mass is 10.1. The Morgan fingerprint density at radius 3 is 3.00 bits per heavy atom. The van der Waals surface area contributed by atoms with Crippen LogP contribution in [-0.2, 0) is 6.42 Å². The Labute approximate surface area is 150 Å². The molecule has 3 aromatic heterocycles. The summed E-state index contributed by atoms with van der Waals surface area (Å²) in [7, 11) is 0. The molecule has 24 heavy (non-hydrogen) atoms. The predicted molar refractivity (Wildman–Crippen MR) is 94.2 cm³/mol. The smallest absolute Gasteiger partial charge is 0.255 e. The van der Waals surface area contributed by atoms with E-state index in [-0.39, 0.29) is 29.8 Å². The van der Waals surface area contributed by atoms with Crippen molar-refractivity contribution in [2.75, 3.05) is 0 Å². The van der Waals surface area contributed by atoms with Crippen LogP contribution in [0.2, 0.25) is 0 Å². The lowest BCUT2D eigenvalue weighted by Crippen LogP contribution is -2.34. The van der Waals surface area contributed by atoms with Crippen LogP contribution in [0.3, 0.4) is 0 Å². The summed E-state index contributed by atoms with van der Waals surface area (Å²) >= 11 is 3.19. The average molecular weight is 410 g/mol. The summed E-state index contributed by atoms with van der Waals surface area (Å²) in [5.74, 6) is -0.330. The minimum Gasteiger partial charge on any atom is -0.349 e. The zero-order valence-corrected chi connectivity index (χ0v) is 15.0. The van der Waals surface area contributed by atoms with Crippen LogP contribution in [0.25, 0.3) is 11.2 Å². The van der Waals surface area contributed by atoms with E-state index < -0.39 is 0 Å². The SMILES string of the molecule is CC(Cc1ccccn1)NC(=O)c1cn(SF)c2ncc(Br)nc12. The molecule has 0 radical (unpaired) electrons. The van der Waals surface area contributed by atoms with Gasteiger partial charge in [0, 0.05) is 30.6 Å². The maximum atomic E-state index is 13.0. The number of aromatic nitrogens is 4. The second-order valence-corrected chi connectivity index (χ2v) is 6.55. The number of nitrogens with one attached hydrogen (secondary N) is 1. The average Bonchev–Trinajstić information content (AvgIpc) is 2.93. The van der Waals surface area contributed by atoms with Crippen molar-refractivity contribution in [3.05, 3.63) is 52.7 Å². The number of rotatable bonds is 5. The van der Waals surface area contributed by atoms with Crippen LogP contribution < -0.4 is 5.32 Å². The third-order valence-corrected chi connectivity index (χ3v) is 4.18. The van der Waals surface area contributed by atoms with Crippen LogP contribution in [0, 0.1) is 0 Å². The fourth-order valence-electron chi connectivity index (χ4n) is 2.35. The highest BCUT2D eigenvalue weighted by Crippen LogP contribution is 2.24. The number of halogens is 2. The molecular formula is C15H13BrFN5OS. The van der Waals surface area contributed by atoms with Crippen molar-refractivity contribution in [2.45, 2.75) is 19.4 Å². The Balaban J connectivity index is 1.82. The van der Waals surface area contributed by atoms with Crippen molar-refractivity contribution in [1.29, 1.82) is 0 Å². The Kier molecular flexibility index (Phi) is 5.10. The number of hydrogen-bond donors (Lipinski definition) is 1. The van der Waals surface area contributed by atoms with Gasteiger partial charge >= 0.3 is 0 Å². The summed E-state index contributed by atoms with van der Waals surface area (Å²) in [4.78, 5) is 25.1. The third kappa shape index (κ3) is 3.57. The van der Waals surface area contributed by atoms with Crippen molar-refractivity contribution in [3.63, 3.8) is 0 Å². The van der Waals surface area contributed by atoms with Crippen LogP contribution in [-0.4, -0.2) is 30.9 Å². The molecule has 0 aliphatic carbocycles. The fourth-order valence-corrected chi connectivity index (χ4v) is 2.97. The normalized spacial score (nSPS) is 12.3. The van der Waals surface area contributed by atoms with Gasteiger partial charge in [-0.1, -0.05) is 6.07 Å². The summed E-state index contributed by atoms with van der Waals surface area (Å²) in [6.45, 7) is 1.89. The molecule has 0 aromatic carbocycles. The summed E-state index contributed by atoms with van der Waals surface area (Å²) in [6.07, 6.45) is 5.16. The van der Waals surface area contributed by atoms with E-state index >= 15 is 0 Å². The first kappa shape index (κ1) is 16.8. The molecule has 0 aliphatic rings. The lowest BCUT2D eigenvalue weighted by molar-refractivity contribution is 0.0941. The van der Waals surface area contributed by atoms with E-state index in [0.717, 1.165) is 5.69 Å². The van der Waals surface area contributed by atoms with E-state index in [2.05, 4.69) is 36.2 Å². The van der Waals surface area contributed by atoms with Gasteiger partial charge in [-0.25, -0.2) is 13.9 Å². The third-order valence-electron chi connectivity index (χ3n) is 3.37. The number of amides is 1. The molecule has 3 rings (SSSR count). The van der Waals surface area contributed by atoms with Gasteiger partial charge in [0.15, 0.2) is 18.0 Å². The highest BCUT2D eigenvalue weighted by atomic mass is 79.9. The van der Waals surface area contributed by atoms with Crippen LogP contribution in [0.5, 0.6) is 0 Å². The molecule has 3 aromatic rings. The molecule has 0 spiro atoms. The number of nitrogens with zero attached hydrogens (tertiary/aromatic N) is 4. The van der Waals surface area contributed by atoms with Crippen LogP contribution in [0.4, 0.5) is 3.89 Å². The largest absolute Gasteiger partial charge is 0.349 e. The Morgan fingerprint density at radius 2 is 2.29 bits per heavy atom. The van der Waals surface area contributed by atoms with Gasteiger partial charge in [-0.2, -0.15) is 0 Å². The molecule has 6 nitrogen and oxygen atoms in total. The highest BCUT2D eigenvalue weighted by molar-refractivity contribution is 9.10. The molecule has 1 amide bonds. The lowest BCUT2D eigenvalue weighted by Gasteiger charge is -2.12. The van der Waals surface area contributed by atoms with E-state index in [9.17, 15) is 8.68 Å². The number of carbonyl (C=O) groups is 1. The number of hydrogen-bond acceptors (Lipinski definition) is 5. The van der Waals surface area contributed by atoms with Crippen molar-refractivity contribution in [3.8, 4) is 0 Å². The Bertz CT molecular complexity index is 873. The van der Waals surface area contributed by atoms with Crippen LogP contribution in [0.15, 0.2) is 41.4 Å². The first-order valence-electron chi connectivity index (χ1n) is 7.12. The maximum Gasteiger partial charge on any atom is 0.255 e. The van der Waals surface area contributed by atoms with Crippen LogP contribution in [0.1, 0.15) is 23.0 Å². The minimum absolute atomic E-state index is 0.0272. The van der Waals surface area contributed by atoms with Crippen molar-refractivity contribution in [2.24, 2.45) is 0 Å². The van der Waals surface area contributed by atoms with Gasteiger partial charge in [0.05, 0.1) is 11.8 Å². The summed E-state index contributed by atoms with van der Waals surface area (Å²) in [5.41, 5.74) is 1.80. The molecule has 0 saturated carbocycles. The molecule has 1 N–H and O–H groups in total. The van der Waals surface area contributed by atoms with Gasteiger partial charge in [-0.15, -0.1) is 3.89 Å². The number of pyridine rings is 1. The molecule has 124 valence electrons. The molecular weight excluding hydrogens is 397 g/mol. The van der Waals surface area contributed by atoms with Gasteiger partial charge in [0.25, 0.3) is 5.91 Å². The van der Waals surface area contributed by atoms with E-state index in [0.29, 0.717) is 22.2 Å². The van der Waals surface area contributed by atoms with E-state index in [1.807, 2.05) is 25.1 Å². The van der Waals surface area contributed by atoms with Crippen molar-refractivity contribution >= 4 is 45.3 Å². The Morgan fingerprint density at radius 1 is 1.46 bits per heavy atom. The molecule has 3 heterocycles. The standard InChI is InChI=1S/C15H13BrFN5OS/c1-9(6-10-4-2-3-5-18-10)20-15(23)11-8-22(24-17)14-13(11)21-12(16)7-19-14/h2-5,7-9H,6H2,1H3,(H,20,23). The predicted octanol–water partition coefficient (Wildman–Crippen LogP) is 3.33. The molecule has 0 fully saturated rings. The van der Waals surface area contributed by atoms with Crippen LogP contribution >= 0.6 is 28.3 Å². The first-order valence-corrected chi connectivity index (χ1v) is 8.58. The zero-order chi connectivity index (χ0) is 17.1. The van der Waals surface area contributed by atoms with Gasteiger partial charge in [-0.3, -0.25) is 9.78 Å². The monoisotopic (exact) mass is 409 g/mol. The zero-order valence-electron chi connectivity index (χ0n) is 12.6. The van der Waals surface area contributed by atoms with Gasteiger partial charge in [0.2, 0.25) is 0 Å². The Hall–Kier alpha value is -2.00. The highest BCUT2D eigenvalue weighted by Gasteiger charge is 2.20. The second kappa shape index (κ2) is 7.27. The van der Waals surface area contributed by atoms with E-state index in [1.165, 1.54) is 16.4 Å². The van der Waals surface area contributed by atoms with Gasteiger partial charge in [-0.05, 0) is 35.0 Å². The maximum absolute atomic E-state index is 13.0. The van der Waals surface area contributed by atoms with Gasteiger partial charge < -0.3 is 5.32 Å². The fraction of sp³-hybridized carbons (Fsp3) is 0.200. The summed E-state index contributed by atoms with van der Waals surface area (Å²) in [6, 6.07) is 5.50. The molecule has 1 atom stereocenters. The van der Waals surface area contributed by atoms with Crippen molar-refractivity contribution in [1.82, 2.24) is 24.2 Å². The summed E-state index contributed by atoms with van der Waals surface area (Å²) in [5, 5.41) is 2.89. The molecule has 0 saturated heterocycles. The molecule has 1 unspecified atom stereocenters. The molecule has 0 aliphatic heterocycles. The minimum atomic E-state index is -0.330. The topological polar surface area (TPSA) is 72.7 Å². The van der Waals surface area contributed by atoms with Crippen molar-refractivity contribution < 1.29 is 8.68 Å². The second-order valence-electron chi connectivity index (χ2n) is 5.20. The molecule has 0 bridgehead atoms.